The summed E-state index contributed by atoms with van der Waals surface area (Å²) in [6.45, 7) is 1.83. The first-order valence-electron chi connectivity index (χ1n) is 8.74. The third-order valence-corrected chi connectivity index (χ3v) is 4.20. The van der Waals surface area contributed by atoms with Crippen molar-refractivity contribution in [2.24, 2.45) is 0 Å². The zero-order chi connectivity index (χ0) is 21.3. The summed E-state index contributed by atoms with van der Waals surface area (Å²) < 4.78 is 43.7. The average molecular weight is 415 g/mol. The minimum atomic E-state index is -2.82. The number of anilines is 1. The molecule has 2 N–H and O–H groups in total. The van der Waals surface area contributed by atoms with Crippen molar-refractivity contribution in [3.05, 3.63) is 16.7 Å². The number of nitrogens with two attached hydrogens (primary N) is 1. The molecule has 0 bridgehead atoms. The number of nitrogens with zero attached hydrogens (tertiary/aromatic N) is 4. The first kappa shape index (κ1) is 20.6. The number of nitrogen functional groups attached to an aromatic ring is 1. The van der Waals surface area contributed by atoms with Gasteiger partial charge in [0, 0.05) is 13.3 Å². The van der Waals surface area contributed by atoms with E-state index in [0.717, 1.165) is 22.3 Å². The molecular formula is C16H19F2N5O6. The SMILES string of the molecule is CCC(=O)O[C@H]1C[C@@H](OC(C)=O)[C@H](n2c(=O)n(CC(F)F)c3cnc(N)nc32)O1. The second kappa shape index (κ2) is 8.11. The fourth-order valence-corrected chi connectivity index (χ4v) is 3.07. The highest BCUT2D eigenvalue weighted by atomic mass is 19.3. The van der Waals surface area contributed by atoms with Gasteiger partial charge in [-0.3, -0.25) is 14.2 Å². The van der Waals surface area contributed by atoms with E-state index in [0.29, 0.717) is 0 Å². The predicted octanol–water partition coefficient (Wildman–Crippen LogP) is 0.570. The van der Waals surface area contributed by atoms with Crippen LogP contribution in [0.3, 0.4) is 0 Å². The molecule has 0 saturated carbocycles. The number of imidazole rings is 1. The Morgan fingerprint density at radius 3 is 2.76 bits per heavy atom. The van der Waals surface area contributed by atoms with Crippen LogP contribution in [0.1, 0.15) is 32.9 Å². The van der Waals surface area contributed by atoms with Gasteiger partial charge in [-0.25, -0.2) is 23.1 Å². The number of halogens is 2. The molecular weight excluding hydrogens is 396 g/mol. The maximum atomic E-state index is 13.0. The monoisotopic (exact) mass is 415 g/mol. The molecule has 158 valence electrons. The summed E-state index contributed by atoms with van der Waals surface area (Å²) in [4.78, 5) is 43.7. The van der Waals surface area contributed by atoms with Crippen molar-refractivity contribution in [3.63, 3.8) is 0 Å². The Hall–Kier alpha value is -3.09. The molecule has 29 heavy (non-hydrogen) atoms. The fraction of sp³-hybridized carbons (Fsp3) is 0.562. The van der Waals surface area contributed by atoms with Crippen LogP contribution in [0.4, 0.5) is 14.7 Å². The topological polar surface area (TPSA) is 141 Å². The number of ether oxygens (including phenoxy) is 3. The molecule has 2 aromatic rings. The number of hydrogen-bond acceptors (Lipinski definition) is 9. The van der Waals surface area contributed by atoms with Gasteiger partial charge < -0.3 is 19.9 Å². The molecule has 0 aromatic carbocycles. The van der Waals surface area contributed by atoms with Crippen LogP contribution >= 0.6 is 0 Å². The van der Waals surface area contributed by atoms with Crippen LogP contribution in [0.2, 0.25) is 0 Å². The van der Waals surface area contributed by atoms with Gasteiger partial charge in [-0.2, -0.15) is 4.98 Å². The zero-order valence-electron chi connectivity index (χ0n) is 15.6. The molecule has 13 heteroatoms. The second-order valence-corrected chi connectivity index (χ2v) is 6.27. The molecule has 11 nitrogen and oxygen atoms in total. The third-order valence-electron chi connectivity index (χ3n) is 4.20. The van der Waals surface area contributed by atoms with E-state index in [1.165, 1.54) is 0 Å². The third kappa shape index (κ3) is 4.18. The van der Waals surface area contributed by atoms with Gasteiger partial charge in [0.05, 0.1) is 19.2 Å². The molecule has 1 saturated heterocycles. The maximum absolute atomic E-state index is 13.0. The molecule has 1 aliphatic heterocycles. The largest absolute Gasteiger partial charge is 0.457 e. The van der Waals surface area contributed by atoms with E-state index in [9.17, 15) is 23.2 Å². The van der Waals surface area contributed by atoms with Crippen molar-refractivity contribution < 1.29 is 32.6 Å². The lowest BCUT2D eigenvalue weighted by atomic mass is 10.2. The van der Waals surface area contributed by atoms with Crippen molar-refractivity contribution in [2.75, 3.05) is 5.73 Å². The number of aromatic nitrogens is 4. The van der Waals surface area contributed by atoms with Crippen LogP contribution in [0.15, 0.2) is 11.0 Å². The molecule has 0 unspecified atom stereocenters. The van der Waals surface area contributed by atoms with Crippen molar-refractivity contribution in [3.8, 4) is 0 Å². The van der Waals surface area contributed by atoms with E-state index < -0.39 is 49.2 Å². The van der Waals surface area contributed by atoms with Gasteiger partial charge in [0.25, 0.3) is 6.43 Å². The van der Waals surface area contributed by atoms with Crippen LogP contribution < -0.4 is 11.4 Å². The Balaban J connectivity index is 2.09. The van der Waals surface area contributed by atoms with Gasteiger partial charge in [-0.05, 0) is 0 Å². The van der Waals surface area contributed by atoms with Gasteiger partial charge in [-0.15, -0.1) is 0 Å². The first-order valence-corrected chi connectivity index (χ1v) is 8.74. The Morgan fingerprint density at radius 1 is 1.41 bits per heavy atom. The lowest BCUT2D eigenvalue weighted by Crippen LogP contribution is -2.34. The second-order valence-electron chi connectivity index (χ2n) is 6.27. The van der Waals surface area contributed by atoms with Gasteiger partial charge in [0.1, 0.15) is 5.52 Å². The van der Waals surface area contributed by atoms with Crippen LogP contribution in [-0.2, 0) is 30.3 Å². The lowest BCUT2D eigenvalue weighted by molar-refractivity contribution is -0.183. The number of hydrogen-bond donors (Lipinski definition) is 1. The Bertz CT molecular complexity index is 990. The molecule has 0 radical (unpaired) electrons. The quantitative estimate of drug-likeness (QED) is 0.670. The molecule has 1 fully saturated rings. The minimum Gasteiger partial charge on any atom is -0.457 e. The van der Waals surface area contributed by atoms with E-state index in [2.05, 4.69) is 9.97 Å². The summed E-state index contributed by atoms with van der Waals surface area (Å²) in [7, 11) is 0. The number of alkyl halides is 2. The molecule has 3 rings (SSSR count). The molecule has 1 aliphatic rings. The van der Waals surface area contributed by atoms with E-state index >= 15 is 0 Å². The summed E-state index contributed by atoms with van der Waals surface area (Å²) in [6.07, 6.45) is -5.04. The highest BCUT2D eigenvalue weighted by Crippen LogP contribution is 2.33. The highest BCUT2D eigenvalue weighted by Gasteiger charge is 2.43. The number of esters is 2. The minimum absolute atomic E-state index is 0.00341. The molecule has 0 aliphatic carbocycles. The van der Waals surface area contributed by atoms with Crippen LogP contribution in [0.25, 0.3) is 11.2 Å². The predicted molar refractivity (Wildman–Crippen MR) is 92.7 cm³/mol. The van der Waals surface area contributed by atoms with E-state index in [1.54, 1.807) is 6.92 Å². The van der Waals surface area contributed by atoms with Crippen molar-refractivity contribution >= 4 is 29.1 Å². The van der Waals surface area contributed by atoms with E-state index in [-0.39, 0.29) is 30.0 Å². The molecule has 3 heterocycles. The number of carbonyl (C=O) groups is 2. The summed E-state index contributed by atoms with van der Waals surface area (Å²) in [6, 6.07) is 0. The summed E-state index contributed by atoms with van der Waals surface area (Å²) in [5.74, 6) is -1.42. The van der Waals surface area contributed by atoms with Crippen molar-refractivity contribution in [2.45, 2.75) is 58.3 Å². The summed E-state index contributed by atoms with van der Waals surface area (Å²) >= 11 is 0. The van der Waals surface area contributed by atoms with Crippen LogP contribution in [0.5, 0.6) is 0 Å². The fourth-order valence-electron chi connectivity index (χ4n) is 3.07. The van der Waals surface area contributed by atoms with Crippen LogP contribution in [0, 0.1) is 0 Å². The summed E-state index contributed by atoms with van der Waals surface area (Å²) in [5.41, 5.74) is 4.63. The normalized spacial score (nSPS) is 21.6. The smallest absolute Gasteiger partial charge is 0.332 e. The molecule has 0 amide bonds. The molecule has 2 aromatic heterocycles. The van der Waals surface area contributed by atoms with Gasteiger partial charge in [0.2, 0.25) is 12.2 Å². The number of carbonyl (C=O) groups excluding carboxylic acids is 2. The number of fused-ring (bicyclic) bond motifs is 1. The van der Waals surface area contributed by atoms with Gasteiger partial charge in [-0.1, -0.05) is 6.92 Å². The molecule has 3 atom stereocenters. The Labute approximate surface area is 162 Å². The first-order chi connectivity index (χ1) is 13.7. The Morgan fingerprint density at radius 2 is 2.14 bits per heavy atom. The zero-order valence-corrected chi connectivity index (χ0v) is 15.6. The van der Waals surface area contributed by atoms with E-state index in [1.807, 2.05) is 0 Å². The van der Waals surface area contributed by atoms with Crippen LogP contribution in [-0.4, -0.2) is 49.9 Å². The average Bonchev–Trinajstić information content (AvgIpc) is 3.12. The highest BCUT2D eigenvalue weighted by molar-refractivity contribution is 5.72. The van der Waals surface area contributed by atoms with Crippen molar-refractivity contribution in [1.82, 2.24) is 19.1 Å². The van der Waals surface area contributed by atoms with Crippen molar-refractivity contribution in [1.29, 1.82) is 0 Å². The van der Waals surface area contributed by atoms with Gasteiger partial charge >= 0.3 is 17.6 Å². The molecule has 0 spiro atoms. The standard InChI is InChI=1S/C16H19F2N5O6/c1-3-11(25)28-12-4-9(27-7(2)24)14(29-12)23-13-8(5-20-15(19)21-13)22(16(23)26)6-10(17)18/h5,9-10,12,14H,3-4,6H2,1-2H3,(H2,19,20,21)/t9-,12-,14-/m1/s1. The summed E-state index contributed by atoms with van der Waals surface area (Å²) in [5, 5.41) is 0. The Kier molecular flexibility index (Phi) is 5.77. The maximum Gasteiger partial charge on any atom is 0.332 e. The van der Waals surface area contributed by atoms with E-state index in [4.69, 9.17) is 19.9 Å². The lowest BCUT2D eigenvalue weighted by Gasteiger charge is -2.19. The van der Waals surface area contributed by atoms with Gasteiger partial charge in [0.15, 0.2) is 18.0 Å². The number of rotatable bonds is 6.